The molecular formula is C15H18N2O4. The van der Waals surface area contributed by atoms with Crippen molar-refractivity contribution in [3.63, 3.8) is 0 Å². The molecule has 6 nitrogen and oxygen atoms in total. The maximum absolute atomic E-state index is 11.7. The molecule has 2 amide bonds. The largest absolute Gasteiger partial charge is 0.493 e. The number of benzene rings is 1. The van der Waals surface area contributed by atoms with Gasteiger partial charge in [0.15, 0.2) is 0 Å². The first-order valence-electron chi connectivity index (χ1n) is 7.12. The molecule has 0 spiro atoms. The van der Waals surface area contributed by atoms with Crippen LogP contribution in [0.3, 0.4) is 0 Å². The summed E-state index contributed by atoms with van der Waals surface area (Å²) in [5.74, 6) is -0.733. The zero-order chi connectivity index (χ0) is 14.9. The quantitative estimate of drug-likeness (QED) is 0.687. The van der Waals surface area contributed by atoms with E-state index in [4.69, 9.17) is 4.74 Å². The van der Waals surface area contributed by atoms with E-state index in [-0.39, 0.29) is 12.6 Å². The normalized spacial score (nSPS) is 23.7. The summed E-state index contributed by atoms with van der Waals surface area (Å²) in [6.45, 7) is 0.363. The third-order valence-corrected chi connectivity index (χ3v) is 3.82. The fourth-order valence-electron chi connectivity index (χ4n) is 2.41. The highest BCUT2D eigenvalue weighted by atomic mass is 16.5. The SMILES string of the molecule is O=C(NCC1(O)CCOc2ccccc21)C(=O)NC1CC1. The van der Waals surface area contributed by atoms with Crippen LogP contribution in [0.25, 0.3) is 0 Å². The second-order valence-corrected chi connectivity index (χ2v) is 5.56. The Morgan fingerprint density at radius 2 is 2.05 bits per heavy atom. The minimum Gasteiger partial charge on any atom is -0.493 e. The molecule has 0 bridgehead atoms. The van der Waals surface area contributed by atoms with E-state index in [2.05, 4.69) is 10.6 Å². The molecule has 2 aliphatic rings. The van der Waals surface area contributed by atoms with Crippen LogP contribution in [0.15, 0.2) is 24.3 Å². The number of carbonyl (C=O) groups is 2. The summed E-state index contributed by atoms with van der Waals surface area (Å²) in [6.07, 6.45) is 2.22. The van der Waals surface area contributed by atoms with Crippen LogP contribution in [0.4, 0.5) is 0 Å². The lowest BCUT2D eigenvalue weighted by Gasteiger charge is -2.34. The first kappa shape index (κ1) is 13.9. The standard InChI is InChI=1S/C15H18N2O4/c18-13(14(19)17-10-5-6-10)16-9-15(20)7-8-21-12-4-2-1-3-11(12)15/h1-4,10,20H,5-9H2,(H,16,18)(H,17,19). The molecule has 1 unspecified atom stereocenters. The van der Waals surface area contributed by atoms with E-state index >= 15 is 0 Å². The van der Waals surface area contributed by atoms with Crippen molar-refractivity contribution < 1.29 is 19.4 Å². The van der Waals surface area contributed by atoms with E-state index in [1.807, 2.05) is 6.07 Å². The molecule has 1 heterocycles. The van der Waals surface area contributed by atoms with Gasteiger partial charge in [0.2, 0.25) is 0 Å². The van der Waals surface area contributed by atoms with Crippen molar-refractivity contribution in [2.45, 2.75) is 30.9 Å². The molecule has 0 aromatic heterocycles. The van der Waals surface area contributed by atoms with Gasteiger partial charge in [-0.2, -0.15) is 0 Å². The number of aliphatic hydroxyl groups is 1. The van der Waals surface area contributed by atoms with Crippen LogP contribution >= 0.6 is 0 Å². The topological polar surface area (TPSA) is 87.7 Å². The van der Waals surface area contributed by atoms with Gasteiger partial charge in [-0.1, -0.05) is 18.2 Å². The van der Waals surface area contributed by atoms with Gasteiger partial charge in [0, 0.05) is 18.0 Å². The van der Waals surface area contributed by atoms with E-state index in [0.29, 0.717) is 24.3 Å². The van der Waals surface area contributed by atoms with Crippen molar-refractivity contribution in [3.05, 3.63) is 29.8 Å². The first-order chi connectivity index (χ1) is 10.1. The smallest absolute Gasteiger partial charge is 0.309 e. The van der Waals surface area contributed by atoms with E-state index in [1.165, 1.54) is 0 Å². The lowest BCUT2D eigenvalue weighted by Crippen LogP contribution is -2.48. The lowest BCUT2D eigenvalue weighted by molar-refractivity contribution is -0.140. The van der Waals surface area contributed by atoms with Gasteiger partial charge in [0.1, 0.15) is 11.4 Å². The fraction of sp³-hybridized carbons (Fsp3) is 0.467. The molecule has 1 aromatic carbocycles. The molecule has 3 rings (SSSR count). The number of hydrogen-bond donors (Lipinski definition) is 3. The second kappa shape index (κ2) is 5.37. The van der Waals surface area contributed by atoms with E-state index in [9.17, 15) is 14.7 Å². The number of hydrogen-bond acceptors (Lipinski definition) is 4. The van der Waals surface area contributed by atoms with Crippen molar-refractivity contribution in [1.29, 1.82) is 0 Å². The summed E-state index contributed by atoms with van der Waals surface area (Å²) in [6, 6.07) is 7.31. The third kappa shape index (κ3) is 3.00. The van der Waals surface area contributed by atoms with Crippen LogP contribution in [0.5, 0.6) is 5.75 Å². The van der Waals surface area contributed by atoms with E-state index in [0.717, 1.165) is 12.8 Å². The van der Waals surface area contributed by atoms with Gasteiger partial charge in [-0.05, 0) is 18.9 Å². The molecule has 0 radical (unpaired) electrons. The summed E-state index contributed by atoms with van der Waals surface area (Å²) in [4.78, 5) is 23.3. The Bertz CT molecular complexity index is 571. The van der Waals surface area contributed by atoms with Gasteiger partial charge in [0.05, 0.1) is 13.2 Å². The second-order valence-electron chi connectivity index (χ2n) is 5.56. The molecular weight excluding hydrogens is 272 g/mol. The van der Waals surface area contributed by atoms with E-state index in [1.54, 1.807) is 18.2 Å². The summed E-state index contributed by atoms with van der Waals surface area (Å²) in [7, 11) is 0. The Balaban J connectivity index is 1.64. The Morgan fingerprint density at radius 1 is 1.29 bits per heavy atom. The minimum atomic E-state index is -1.20. The highest BCUT2D eigenvalue weighted by Gasteiger charge is 2.36. The monoisotopic (exact) mass is 290 g/mol. The van der Waals surface area contributed by atoms with Gasteiger partial charge >= 0.3 is 11.8 Å². The molecule has 21 heavy (non-hydrogen) atoms. The zero-order valence-corrected chi connectivity index (χ0v) is 11.6. The van der Waals surface area contributed by atoms with Crippen molar-refractivity contribution in [2.24, 2.45) is 0 Å². The van der Waals surface area contributed by atoms with Crippen LogP contribution in [-0.4, -0.2) is 36.1 Å². The molecule has 0 saturated heterocycles. The third-order valence-electron chi connectivity index (χ3n) is 3.82. The van der Waals surface area contributed by atoms with Gasteiger partial charge < -0.3 is 20.5 Å². The molecule has 1 fully saturated rings. The van der Waals surface area contributed by atoms with Gasteiger partial charge in [-0.25, -0.2) is 0 Å². The summed E-state index contributed by atoms with van der Waals surface area (Å²) >= 11 is 0. The van der Waals surface area contributed by atoms with Crippen molar-refractivity contribution in [1.82, 2.24) is 10.6 Å². The van der Waals surface area contributed by atoms with Crippen LogP contribution in [0, 0.1) is 0 Å². The molecule has 1 aromatic rings. The number of rotatable bonds is 3. The Labute approximate surface area is 122 Å². The predicted molar refractivity (Wildman–Crippen MR) is 74.6 cm³/mol. The van der Waals surface area contributed by atoms with Gasteiger partial charge in [-0.3, -0.25) is 9.59 Å². The van der Waals surface area contributed by atoms with Crippen molar-refractivity contribution in [3.8, 4) is 5.75 Å². The number of fused-ring (bicyclic) bond motifs is 1. The fourth-order valence-corrected chi connectivity index (χ4v) is 2.41. The molecule has 6 heteroatoms. The molecule has 112 valence electrons. The summed E-state index contributed by atoms with van der Waals surface area (Å²) in [5, 5.41) is 15.8. The zero-order valence-electron chi connectivity index (χ0n) is 11.6. The van der Waals surface area contributed by atoms with Crippen molar-refractivity contribution in [2.75, 3.05) is 13.2 Å². The first-order valence-corrected chi connectivity index (χ1v) is 7.12. The molecule has 1 aliphatic carbocycles. The molecule has 1 saturated carbocycles. The maximum Gasteiger partial charge on any atom is 0.309 e. The van der Waals surface area contributed by atoms with Crippen molar-refractivity contribution >= 4 is 11.8 Å². The number of para-hydroxylation sites is 1. The summed E-state index contributed by atoms with van der Waals surface area (Å²) in [5.41, 5.74) is -0.566. The Morgan fingerprint density at radius 3 is 2.81 bits per heavy atom. The molecule has 1 aliphatic heterocycles. The minimum absolute atomic E-state index is 0.00963. The van der Waals surface area contributed by atoms with Crippen LogP contribution in [0.2, 0.25) is 0 Å². The lowest BCUT2D eigenvalue weighted by atomic mass is 9.88. The number of carbonyl (C=O) groups excluding carboxylic acids is 2. The highest BCUT2D eigenvalue weighted by Crippen LogP contribution is 2.36. The summed E-state index contributed by atoms with van der Waals surface area (Å²) < 4.78 is 5.48. The van der Waals surface area contributed by atoms with Crippen LogP contribution < -0.4 is 15.4 Å². The Hall–Kier alpha value is -2.08. The predicted octanol–water partition coefficient (Wildman–Crippen LogP) is 0.0515. The Kier molecular flexibility index (Phi) is 3.55. The van der Waals surface area contributed by atoms with E-state index < -0.39 is 17.4 Å². The number of ether oxygens (including phenoxy) is 1. The van der Waals surface area contributed by atoms with Crippen LogP contribution in [0.1, 0.15) is 24.8 Å². The average Bonchev–Trinajstić information content (AvgIpc) is 3.29. The van der Waals surface area contributed by atoms with Gasteiger partial charge in [-0.15, -0.1) is 0 Å². The number of amides is 2. The van der Waals surface area contributed by atoms with Crippen LogP contribution in [-0.2, 0) is 15.2 Å². The highest BCUT2D eigenvalue weighted by molar-refractivity contribution is 6.35. The maximum atomic E-state index is 11.7. The molecule has 1 atom stereocenters. The number of nitrogens with one attached hydrogen (secondary N) is 2. The molecule has 3 N–H and O–H groups in total. The van der Waals surface area contributed by atoms with Gasteiger partial charge in [0.25, 0.3) is 0 Å². The average molecular weight is 290 g/mol.